The molecule has 2 heterocycles. The van der Waals surface area contributed by atoms with E-state index >= 15 is 0 Å². The van der Waals surface area contributed by atoms with Crippen LogP contribution >= 0.6 is 11.8 Å². The molecule has 4 aromatic rings. The van der Waals surface area contributed by atoms with E-state index in [-0.39, 0.29) is 11.7 Å². The van der Waals surface area contributed by atoms with Crippen LogP contribution < -0.4 is 5.32 Å². The molecule has 2 aromatic carbocycles. The highest BCUT2D eigenvalue weighted by Gasteiger charge is 2.15. The maximum absolute atomic E-state index is 12.9. The molecule has 0 saturated heterocycles. The Morgan fingerprint density at radius 2 is 1.77 bits per heavy atom. The Labute approximate surface area is 183 Å². The number of pyridine rings is 1. The van der Waals surface area contributed by atoms with Crippen molar-refractivity contribution in [2.24, 2.45) is 0 Å². The van der Waals surface area contributed by atoms with Crippen molar-refractivity contribution in [3.8, 4) is 0 Å². The molecule has 0 aliphatic carbocycles. The van der Waals surface area contributed by atoms with Crippen LogP contribution in [0.1, 0.15) is 37.7 Å². The van der Waals surface area contributed by atoms with E-state index in [9.17, 15) is 9.59 Å². The van der Waals surface area contributed by atoms with Crippen LogP contribution in [-0.2, 0) is 5.75 Å². The molecule has 4 rings (SSSR count). The normalized spacial score (nSPS) is 10.6. The quantitative estimate of drug-likeness (QED) is 0.323. The lowest BCUT2D eigenvalue weighted by Gasteiger charge is -2.10. The van der Waals surface area contributed by atoms with Gasteiger partial charge >= 0.3 is 0 Å². The van der Waals surface area contributed by atoms with E-state index in [2.05, 4.69) is 15.5 Å². The third-order valence-electron chi connectivity index (χ3n) is 4.47. The molecule has 31 heavy (non-hydrogen) atoms. The van der Waals surface area contributed by atoms with Crippen molar-refractivity contribution in [1.82, 2.24) is 10.1 Å². The van der Waals surface area contributed by atoms with Crippen LogP contribution in [-0.4, -0.2) is 21.8 Å². The van der Waals surface area contributed by atoms with Crippen molar-refractivity contribution in [2.75, 3.05) is 5.32 Å². The minimum Gasteiger partial charge on any atom is -0.361 e. The number of carbonyl (C=O) groups excluding carboxylic acids is 2. The lowest BCUT2D eigenvalue weighted by Crippen LogP contribution is -2.14. The lowest BCUT2D eigenvalue weighted by molar-refractivity contribution is 0.101. The maximum Gasteiger partial charge on any atom is 0.258 e. The second kappa shape index (κ2) is 9.40. The van der Waals surface area contributed by atoms with E-state index in [0.29, 0.717) is 33.2 Å². The van der Waals surface area contributed by atoms with Gasteiger partial charge in [0.15, 0.2) is 5.78 Å². The van der Waals surface area contributed by atoms with Gasteiger partial charge in [-0.2, -0.15) is 0 Å². The molecule has 154 valence electrons. The van der Waals surface area contributed by atoms with Gasteiger partial charge in [-0.1, -0.05) is 59.4 Å². The zero-order valence-corrected chi connectivity index (χ0v) is 17.6. The highest BCUT2D eigenvalue weighted by atomic mass is 32.2. The predicted molar refractivity (Wildman–Crippen MR) is 119 cm³/mol. The lowest BCUT2D eigenvalue weighted by atomic mass is 10.0. The van der Waals surface area contributed by atoms with Crippen LogP contribution in [0.15, 0.2) is 88.5 Å². The molecule has 6 nitrogen and oxygen atoms in total. The maximum atomic E-state index is 12.9. The van der Waals surface area contributed by atoms with Crippen molar-refractivity contribution in [3.63, 3.8) is 0 Å². The number of anilines is 1. The number of nitrogens with zero attached hydrogens (tertiary/aromatic N) is 2. The van der Waals surface area contributed by atoms with E-state index in [4.69, 9.17) is 4.52 Å². The van der Waals surface area contributed by atoms with Crippen LogP contribution in [0.3, 0.4) is 0 Å². The van der Waals surface area contributed by atoms with Gasteiger partial charge in [-0.15, -0.1) is 0 Å². The summed E-state index contributed by atoms with van der Waals surface area (Å²) in [7, 11) is 0. The van der Waals surface area contributed by atoms with Crippen LogP contribution in [0.2, 0.25) is 0 Å². The summed E-state index contributed by atoms with van der Waals surface area (Å²) in [6, 6.07) is 21.2. The first-order valence-corrected chi connectivity index (χ1v) is 10.6. The summed E-state index contributed by atoms with van der Waals surface area (Å²) in [5.41, 5.74) is 2.88. The number of hydrogen-bond acceptors (Lipinski definition) is 6. The molecule has 0 atom stereocenters. The Bertz CT molecular complexity index is 1220. The van der Waals surface area contributed by atoms with Crippen molar-refractivity contribution < 1.29 is 14.1 Å². The second-order valence-electron chi connectivity index (χ2n) is 6.80. The topological polar surface area (TPSA) is 85.1 Å². The largest absolute Gasteiger partial charge is 0.361 e. The number of benzene rings is 2. The third kappa shape index (κ3) is 5.07. The number of amides is 1. The summed E-state index contributed by atoms with van der Waals surface area (Å²) in [4.78, 5) is 29.9. The van der Waals surface area contributed by atoms with Crippen LogP contribution in [0, 0.1) is 6.92 Å². The molecule has 0 fully saturated rings. The highest BCUT2D eigenvalue weighted by Crippen LogP contribution is 2.25. The smallest absolute Gasteiger partial charge is 0.258 e. The summed E-state index contributed by atoms with van der Waals surface area (Å²) in [5.74, 6) is 0.878. The van der Waals surface area contributed by atoms with Gasteiger partial charge in [0.25, 0.3) is 5.91 Å². The van der Waals surface area contributed by atoms with E-state index in [1.54, 1.807) is 54.7 Å². The highest BCUT2D eigenvalue weighted by molar-refractivity contribution is 7.98. The number of thioether (sulfide) groups is 1. The fourth-order valence-corrected chi connectivity index (χ4v) is 3.87. The zero-order valence-electron chi connectivity index (χ0n) is 16.7. The van der Waals surface area contributed by atoms with E-state index < -0.39 is 0 Å². The van der Waals surface area contributed by atoms with Gasteiger partial charge in [-0.3, -0.25) is 9.59 Å². The number of ketones is 1. The summed E-state index contributed by atoms with van der Waals surface area (Å²) < 4.78 is 5.08. The molecule has 2 aromatic heterocycles. The second-order valence-corrected chi connectivity index (χ2v) is 7.77. The Kier molecular flexibility index (Phi) is 6.24. The zero-order chi connectivity index (χ0) is 21.6. The molecule has 0 spiro atoms. The number of nitrogens with one attached hydrogen (secondary N) is 1. The van der Waals surface area contributed by atoms with E-state index in [1.165, 1.54) is 11.8 Å². The number of aryl methyl sites for hydroxylation is 1. The molecule has 0 aliphatic heterocycles. The van der Waals surface area contributed by atoms with Crippen LogP contribution in [0.4, 0.5) is 5.69 Å². The van der Waals surface area contributed by atoms with Gasteiger partial charge in [0.05, 0.1) is 11.3 Å². The Morgan fingerprint density at radius 3 is 2.55 bits per heavy atom. The first-order chi connectivity index (χ1) is 15.1. The average molecular weight is 430 g/mol. The Balaban J connectivity index is 1.49. The number of rotatable bonds is 7. The van der Waals surface area contributed by atoms with E-state index in [1.807, 2.05) is 31.2 Å². The number of carbonyl (C=O) groups is 2. The summed E-state index contributed by atoms with van der Waals surface area (Å²) in [6.07, 6.45) is 1.65. The molecular weight excluding hydrogens is 410 g/mol. The first-order valence-electron chi connectivity index (χ1n) is 9.61. The standard InChI is InChI=1S/C24H19N3O3S/c1-16-13-20(27-30-16)15-31-24-21(11-6-12-25-24)23(29)26-19-10-5-9-18(14-19)22(28)17-7-3-2-4-8-17/h2-14H,15H2,1H3,(H,26,29). The molecule has 1 amide bonds. The van der Waals surface area contributed by atoms with Crippen LogP contribution in [0.25, 0.3) is 0 Å². The monoisotopic (exact) mass is 429 g/mol. The molecule has 1 N–H and O–H groups in total. The van der Waals surface area contributed by atoms with Gasteiger partial charge in [0.1, 0.15) is 10.8 Å². The number of aromatic nitrogens is 2. The molecule has 0 unspecified atom stereocenters. The van der Waals surface area contributed by atoms with Crippen molar-refractivity contribution in [3.05, 3.63) is 107 Å². The first kappa shape index (κ1) is 20.6. The van der Waals surface area contributed by atoms with E-state index in [0.717, 1.165) is 11.5 Å². The summed E-state index contributed by atoms with van der Waals surface area (Å²) in [6.45, 7) is 1.83. The number of hydrogen-bond donors (Lipinski definition) is 1. The summed E-state index contributed by atoms with van der Waals surface area (Å²) in [5, 5.41) is 7.43. The van der Waals surface area contributed by atoms with Gasteiger partial charge in [-0.05, 0) is 31.2 Å². The third-order valence-corrected chi connectivity index (χ3v) is 5.51. The predicted octanol–water partition coefficient (Wildman–Crippen LogP) is 5.15. The average Bonchev–Trinajstić information content (AvgIpc) is 3.23. The Hall–Kier alpha value is -3.71. The van der Waals surface area contributed by atoms with Crippen molar-refractivity contribution >= 4 is 29.1 Å². The van der Waals surface area contributed by atoms with Gasteiger partial charge in [-0.25, -0.2) is 4.98 Å². The SMILES string of the molecule is Cc1cc(CSc2ncccc2C(=O)Nc2cccc(C(=O)c3ccccc3)c2)no1. The van der Waals surface area contributed by atoms with Crippen LogP contribution in [0.5, 0.6) is 0 Å². The molecule has 0 bridgehead atoms. The fraction of sp³-hybridized carbons (Fsp3) is 0.0833. The molecule has 0 aliphatic rings. The van der Waals surface area contributed by atoms with Gasteiger partial charge in [0, 0.05) is 34.8 Å². The van der Waals surface area contributed by atoms with Crippen molar-refractivity contribution in [2.45, 2.75) is 17.7 Å². The van der Waals surface area contributed by atoms with Gasteiger partial charge in [0.2, 0.25) is 0 Å². The molecule has 0 saturated carbocycles. The molecule has 7 heteroatoms. The minimum atomic E-state index is -0.295. The molecular formula is C24H19N3O3S. The fourth-order valence-electron chi connectivity index (χ4n) is 3.00. The Morgan fingerprint density at radius 1 is 0.968 bits per heavy atom. The minimum absolute atomic E-state index is 0.0998. The van der Waals surface area contributed by atoms with Gasteiger partial charge < -0.3 is 9.84 Å². The van der Waals surface area contributed by atoms with Crippen molar-refractivity contribution in [1.29, 1.82) is 0 Å². The summed E-state index contributed by atoms with van der Waals surface area (Å²) >= 11 is 1.41. The molecule has 0 radical (unpaired) electrons.